The zero-order chi connectivity index (χ0) is 23.5. The Bertz CT molecular complexity index is 1270. The van der Waals surface area contributed by atoms with Crippen LogP contribution in [0.25, 0.3) is 0 Å². The zero-order valence-electron chi connectivity index (χ0n) is 20.8. The molecule has 5 nitrogen and oxygen atoms in total. The molecule has 5 heteroatoms. The average molecular weight is 472 g/mol. The van der Waals surface area contributed by atoms with E-state index in [4.69, 9.17) is 0 Å². The number of phenolic OH excluding ortho intramolecular Hbond substituents is 1. The molecule has 5 fully saturated rings. The van der Waals surface area contributed by atoms with Crippen LogP contribution in [0.4, 0.5) is 0 Å². The van der Waals surface area contributed by atoms with E-state index < -0.39 is 0 Å². The van der Waals surface area contributed by atoms with E-state index in [0.717, 1.165) is 36.7 Å². The van der Waals surface area contributed by atoms with Gasteiger partial charge in [0.25, 0.3) is 5.56 Å². The highest BCUT2D eigenvalue weighted by molar-refractivity contribution is 5.50. The standard InChI is InChI=1S/C30H37N3O2/c1-18-2-5-21(28(35)31-18)16-33-17-22-14-29-9-8-25(33)27(22)30(29)10-11-32(15-19-3-4-19)26(29)12-20-6-7-23(34)13-24(20)30/h2,5-7,13,19,22,25-27,34H,3-4,8-12,14-17H2,1H3,(H,31,35)/t22-,25?,26?,27?,29-,30?/m1/s1. The number of nitrogens with zero attached hydrogens (tertiary/aromatic N) is 2. The van der Waals surface area contributed by atoms with E-state index in [1.165, 1.54) is 62.7 Å². The number of H-pyrrole nitrogens is 1. The lowest BCUT2D eigenvalue weighted by atomic mass is 9.43. The normalized spacial score (nSPS) is 39.5. The maximum absolute atomic E-state index is 12.7. The lowest BCUT2D eigenvalue weighted by molar-refractivity contribution is -0.105. The Labute approximate surface area is 207 Å². The van der Waals surface area contributed by atoms with Crippen LogP contribution in [0.5, 0.6) is 5.75 Å². The Morgan fingerprint density at radius 2 is 2.00 bits per heavy atom. The van der Waals surface area contributed by atoms with Crippen LogP contribution in [0.2, 0.25) is 0 Å². The molecule has 2 aromatic rings. The summed E-state index contributed by atoms with van der Waals surface area (Å²) in [5.41, 5.74) is 5.45. The highest BCUT2D eigenvalue weighted by Crippen LogP contribution is 2.75. The molecule has 6 aliphatic rings. The number of fused-ring (bicyclic) bond motifs is 1. The minimum Gasteiger partial charge on any atom is -0.508 e. The van der Waals surface area contributed by atoms with Crippen LogP contribution in [0.3, 0.4) is 0 Å². The van der Waals surface area contributed by atoms with E-state index in [-0.39, 0.29) is 11.0 Å². The average Bonchev–Trinajstić information content (AvgIpc) is 3.53. The molecular weight excluding hydrogens is 434 g/mol. The van der Waals surface area contributed by atoms with Crippen molar-refractivity contribution in [3.8, 4) is 5.75 Å². The van der Waals surface area contributed by atoms with E-state index in [1.54, 1.807) is 0 Å². The van der Waals surface area contributed by atoms with Gasteiger partial charge in [-0.1, -0.05) is 12.1 Å². The van der Waals surface area contributed by atoms with Crippen LogP contribution in [-0.2, 0) is 18.4 Å². The molecule has 6 atom stereocenters. The molecule has 3 saturated carbocycles. The number of aromatic nitrogens is 1. The molecule has 0 amide bonds. The molecule has 2 saturated heterocycles. The molecule has 8 rings (SSSR count). The first kappa shape index (κ1) is 21.0. The molecule has 2 N–H and O–H groups in total. The third-order valence-electron chi connectivity index (χ3n) is 11.4. The molecule has 2 aliphatic heterocycles. The Morgan fingerprint density at radius 1 is 1.11 bits per heavy atom. The quantitative estimate of drug-likeness (QED) is 0.709. The molecule has 3 heterocycles. The van der Waals surface area contributed by atoms with Gasteiger partial charge in [0.15, 0.2) is 0 Å². The van der Waals surface area contributed by atoms with Crippen molar-refractivity contribution >= 4 is 0 Å². The van der Waals surface area contributed by atoms with Gasteiger partial charge in [0.2, 0.25) is 0 Å². The molecule has 1 aromatic heterocycles. The van der Waals surface area contributed by atoms with Gasteiger partial charge in [-0.15, -0.1) is 0 Å². The van der Waals surface area contributed by atoms with Crippen LogP contribution < -0.4 is 5.56 Å². The minimum atomic E-state index is 0.0757. The molecule has 1 aromatic carbocycles. The number of aromatic amines is 1. The van der Waals surface area contributed by atoms with Crippen molar-refractivity contribution in [3.05, 3.63) is 63.1 Å². The van der Waals surface area contributed by atoms with Crippen LogP contribution in [0.15, 0.2) is 35.1 Å². The second-order valence-corrected chi connectivity index (χ2v) is 12.9. The smallest absolute Gasteiger partial charge is 0.252 e. The van der Waals surface area contributed by atoms with Gasteiger partial charge in [-0.05, 0) is 111 Å². The van der Waals surface area contributed by atoms with Crippen molar-refractivity contribution < 1.29 is 5.11 Å². The molecule has 0 spiro atoms. The van der Waals surface area contributed by atoms with Gasteiger partial charge >= 0.3 is 0 Å². The second kappa shape index (κ2) is 7.01. The topological polar surface area (TPSA) is 59.6 Å². The molecule has 4 aliphatic carbocycles. The Hall–Kier alpha value is -2.11. The Morgan fingerprint density at radius 3 is 2.83 bits per heavy atom. The SMILES string of the molecule is Cc1ccc(CN2C[C@H]3C[C@@]45CCC2C3C42CCN(CC3CC3)C5Cc3ccc(O)cc32)c(=O)[nH]1. The van der Waals surface area contributed by atoms with Gasteiger partial charge in [-0.2, -0.15) is 0 Å². The summed E-state index contributed by atoms with van der Waals surface area (Å²) in [4.78, 5) is 21.3. The van der Waals surface area contributed by atoms with E-state index >= 15 is 0 Å². The Balaban J connectivity index is 1.22. The predicted molar refractivity (Wildman–Crippen MR) is 135 cm³/mol. The number of piperidine rings is 1. The van der Waals surface area contributed by atoms with E-state index in [0.29, 0.717) is 35.1 Å². The summed E-state index contributed by atoms with van der Waals surface area (Å²) in [5, 5.41) is 10.6. The first-order chi connectivity index (χ1) is 17.0. The van der Waals surface area contributed by atoms with Crippen molar-refractivity contribution in [1.82, 2.24) is 14.8 Å². The van der Waals surface area contributed by atoms with Crippen molar-refractivity contribution in [2.75, 3.05) is 19.6 Å². The van der Waals surface area contributed by atoms with E-state index in [9.17, 15) is 9.90 Å². The van der Waals surface area contributed by atoms with Gasteiger partial charge in [-0.25, -0.2) is 0 Å². The van der Waals surface area contributed by atoms with E-state index in [2.05, 4.69) is 26.9 Å². The fourth-order valence-electron chi connectivity index (χ4n) is 10.2. The van der Waals surface area contributed by atoms with Crippen molar-refractivity contribution in [2.45, 2.75) is 75.9 Å². The first-order valence-corrected chi connectivity index (χ1v) is 14.0. The summed E-state index contributed by atoms with van der Waals surface area (Å²) in [6, 6.07) is 11.6. The lowest BCUT2D eigenvalue weighted by Crippen LogP contribution is -2.69. The molecule has 35 heavy (non-hydrogen) atoms. The second-order valence-electron chi connectivity index (χ2n) is 12.9. The number of rotatable bonds is 4. The maximum atomic E-state index is 12.7. The zero-order valence-corrected chi connectivity index (χ0v) is 20.8. The number of nitrogens with one attached hydrogen (secondary N) is 1. The number of likely N-dealkylation sites (tertiary alicyclic amines) is 2. The Kier molecular flexibility index (Phi) is 4.21. The molecule has 184 valence electrons. The summed E-state index contributed by atoms with van der Waals surface area (Å²) >= 11 is 0. The van der Waals surface area contributed by atoms with Crippen molar-refractivity contribution in [3.63, 3.8) is 0 Å². The van der Waals surface area contributed by atoms with Gasteiger partial charge in [0.1, 0.15) is 5.75 Å². The van der Waals surface area contributed by atoms with E-state index in [1.807, 2.05) is 25.1 Å². The highest BCUT2D eigenvalue weighted by atomic mass is 16.3. The summed E-state index contributed by atoms with van der Waals surface area (Å²) in [5.74, 6) is 2.71. The number of aryl methyl sites for hydroxylation is 1. The molecule has 4 bridgehead atoms. The highest BCUT2D eigenvalue weighted by Gasteiger charge is 2.75. The number of benzene rings is 1. The summed E-state index contributed by atoms with van der Waals surface area (Å²) in [6.07, 6.45) is 9.13. The summed E-state index contributed by atoms with van der Waals surface area (Å²) < 4.78 is 0. The number of hydrogen-bond acceptors (Lipinski definition) is 4. The first-order valence-electron chi connectivity index (χ1n) is 14.0. The number of aromatic hydroxyl groups is 1. The number of hydrogen-bond donors (Lipinski definition) is 2. The summed E-state index contributed by atoms with van der Waals surface area (Å²) in [7, 11) is 0. The monoisotopic (exact) mass is 471 g/mol. The minimum absolute atomic E-state index is 0.0757. The van der Waals surface area contributed by atoms with Crippen LogP contribution in [0.1, 0.15) is 60.9 Å². The van der Waals surface area contributed by atoms with Gasteiger partial charge in [0, 0.05) is 48.4 Å². The van der Waals surface area contributed by atoms with Crippen LogP contribution in [-0.4, -0.2) is 51.6 Å². The number of pyridine rings is 1. The maximum Gasteiger partial charge on any atom is 0.252 e. The van der Waals surface area contributed by atoms with Crippen LogP contribution in [0, 0.1) is 30.1 Å². The van der Waals surface area contributed by atoms with Crippen molar-refractivity contribution in [2.24, 2.45) is 23.2 Å². The van der Waals surface area contributed by atoms with Gasteiger partial charge < -0.3 is 10.1 Å². The fraction of sp³-hybridized carbons (Fsp3) is 0.633. The molecule has 0 radical (unpaired) electrons. The molecular formula is C30H37N3O2. The molecule has 4 unspecified atom stereocenters. The predicted octanol–water partition coefficient (Wildman–Crippen LogP) is 3.97. The largest absolute Gasteiger partial charge is 0.508 e. The third kappa shape index (κ3) is 2.69. The summed E-state index contributed by atoms with van der Waals surface area (Å²) in [6.45, 7) is 6.35. The van der Waals surface area contributed by atoms with Crippen molar-refractivity contribution in [1.29, 1.82) is 0 Å². The van der Waals surface area contributed by atoms with Crippen LogP contribution >= 0.6 is 0 Å². The number of phenols is 1. The fourth-order valence-corrected chi connectivity index (χ4v) is 10.2. The van der Waals surface area contributed by atoms with Gasteiger partial charge in [-0.3, -0.25) is 14.6 Å². The van der Waals surface area contributed by atoms with Gasteiger partial charge in [0.05, 0.1) is 0 Å². The third-order valence-corrected chi connectivity index (χ3v) is 11.4. The lowest BCUT2D eigenvalue weighted by Gasteiger charge is -2.66.